The first-order valence-electron chi connectivity index (χ1n) is 10.7. The summed E-state index contributed by atoms with van der Waals surface area (Å²) in [5, 5.41) is 4.82. The zero-order valence-corrected chi connectivity index (χ0v) is 20.3. The Morgan fingerprint density at radius 2 is 1.53 bits per heavy atom. The minimum absolute atomic E-state index is 0.0679. The number of halogens is 2. The van der Waals surface area contributed by atoms with Gasteiger partial charge < -0.3 is 0 Å². The van der Waals surface area contributed by atoms with Gasteiger partial charge in [0.25, 0.3) is 15.9 Å². The highest BCUT2D eigenvalue weighted by atomic mass is 35.5. The van der Waals surface area contributed by atoms with Crippen LogP contribution in [0.25, 0.3) is 0 Å². The summed E-state index contributed by atoms with van der Waals surface area (Å²) in [5.41, 5.74) is 4.61. The SMILES string of the molecule is Cc1ccc(S(=O)(=O)N(CC(=O)NN=C2CCCCCCC2)c2cc(Cl)cc(Cl)c2)cc1. The van der Waals surface area contributed by atoms with E-state index in [1.807, 2.05) is 6.92 Å². The third-order valence-electron chi connectivity index (χ3n) is 5.30. The lowest BCUT2D eigenvalue weighted by Crippen LogP contribution is -2.39. The lowest BCUT2D eigenvalue weighted by Gasteiger charge is -2.24. The molecule has 1 N–H and O–H groups in total. The van der Waals surface area contributed by atoms with Crippen LogP contribution in [-0.4, -0.2) is 26.6 Å². The molecule has 1 aliphatic rings. The lowest BCUT2D eigenvalue weighted by atomic mass is 9.99. The molecule has 1 amide bonds. The molecule has 0 radical (unpaired) electrons. The second-order valence-electron chi connectivity index (χ2n) is 7.93. The Kier molecular flexibility index (Phi) is 8.57. The van der Waals surface area contributed by atoms with Gasteiger partial charge in [0.1, 0.15) is 6.54 Å². The number of sulfonamides is 1. The number of aryl methyl sites for hydroxylation is 1. The van der Waals surface area contributed by atoms with Gasteiger partial charge in [-0.15, -0.1) is 0 Å². The van der Waals surface area contributed by atoms with Gasteiger partial charge in [0, 0.05) is 15.8 Å². The van der Waals surface area contributed by atoms with Gasteiger partial charge in [-0.25, -0.2) is 13.8 Å². The number of carbonyl (C=O) groups excluding carboxylic acids is 1. The first-order chi connectivity index (χ1) is 15.3. The Bertz CT molecular complexity index is 1060. The van der Waals surface area contributed by atoms with Crippen molar-refractivity contribution in [2.45, 2.75) is 56.8 Å². The van der Waals surface area contributed by atoms with Crippen LogP contribution in [0, 0.1) is 6.92 Å². The minimum atomic E-state index is -4.05. The van der Waals surface area contributed by atoms with E-state index in [4.69, 9.17) is 23.2 Å². The lowest BCUT2D eigenvalue weighted by molar-refractivity contribution is -0.119. The summed E-state index contributed by atoms with van der Waals surface area (Å²) in [6.45, 7) is 1.41. The van der Waals surface area contributed by atoms with E-state index in [2.05, 4.69) is 10.5 Å². The Morgan fingerprint density at radius 3 is 2.12 bits per heavy atom. The van der Waals surface area contributed by atoms with Crippen molar-refractivity contribution in [2.75, 3.05) is 10.8 Å². The molecule has 0 aliphatic heterocycles. The number of carbonyl (C=O) groups is 1. The number of anilines is 1. The molecule has 1 aliphatic carbocycles. The van der Waals surface area contributed by atoms with Crippen LogP contribution in [0.4, 0.5) is 5.69 Å². The minimum Gasteiger partial charge on any atom is -0.271 e. The fourth-order valence-electron chi connectivity index (χ4n) is 3.57. The number of hydrazone groups is 1. The van der Waals surface area contributed by atoms with Crippen molar-refractivity contribution in [1.29, 1.82) is 0 Å². The topological polar surface area (TPSA) is 78.8 Å². The summed E-state index contributed by atoms with van der Waals surface area (Å²) in [4.78, 5) is 12.8. The van der Waals surface area contributed by atoms with Crippen LogP contribution in [0.3, 0.4) is 0 Å². The van der Waals surface area contributed by atoms with E-state index in [9.17, 15) is 13.2 Å². The van der Waals surface area contributed by atoms with Crippen molar-refractivity contribution in [1.82, 2.24) is 5.43 Å². The molecule has 1 fully saturated rings. The van der Waals surface area contributed by atoms with E-state index in [1.54, 1.807) is 12.1 Å². The first kappa shape index (κ1) is 24.6. The molecule has 0 saturated heterocycles. The maximum absolute atomic E-state index is 13.4. The summed E-state index contributed by atoms with van der Waals surface area (Å²) in [7, 11) is -4.05. The number of nitrogens with zero attached hydrogens (tertiary/aromatic N) is 2. The van der Waals surface area contributed by atoms with Crippen LogP contribution < -0.4 is 9.73 Å². The standard InChI is InChI=1S/C23H27Cl2N3O3S/c1-17-9-11-22(12-10-17)32(30,31)28(21-14-18(24)13-19(25)15-21)16-23(29)27-26-20-7-5-3-2-4-6-8-20/h9-15H,2-8,16H2,1H3,(H,27,29). The van der Waals surface area contributed by atoms with Gasteiger partial charge in [0.2, 0.25) is 0 Å². The van der Waals surface area contributed by atoms with Crippen molar-refractivity contribution in [3.05, 3.63) is 58.1 Å². The maximum Gasteiger partial charge on any atom is 0.264 e. The largest absolute Gasteiger partial charge is 0.271 e. The molecule has 0 heterocycles. The van der Waals surface area contributed by atoms with Crippen LogP contribution in [0.15, 0.2) is 52.5 Å². The molecule has 0 spiro atoms. The predicted molar refractivity (Wildman–Crippen MR) is 130 cm³/mol. The van der Waals surface area contributed by atoms with Crippen LogP contribution in [0.1, 0.15) is 50.5 Å². The van der Waals surface area contributed by atoms with E-state index in [-0.39, 0.29) is 20.6 Å². The number of rotatable bonds is 6. The van der Waals surface area contributed by atoms with Gasteiger partial charge in [-0.1, -0.05) is 60.2 Å². The average Bonchev–Trinajstić information content (AvgIpc) is 2.70. The first-order valence-corrected chi connectivity index (χ1v) is 12.8. The van der Waals surface area contributed by atoms with Crippen LogP contribution >= 0.6 is 23.2 Å². The quantitative estimate of drug-likeness (QED) is 0.520. The van der Waals surface area contributed by atoms with Gasteiger partial charge >= 0.3 is 0 Å². The van der Waals surface area contributed by atoms with Crippen molar-refractivity contribution >= 4 is 50.5 Å². The molecule has 0 aromatic heterocycles. The summed E-state index contributed by atoms with van der Waals surface area (Å²) < 4.78 is 27.8. The third kappa shape index (κ3) is 6.70. The number of nitrogens with one attached hydrogen (secondary N) is 1. The zero-order valence-electron chi connectivity index (χ0n) is 18.0. The van der Waals surface area contributed by atoms with Crippen molar-refractivity contribution in [3.8, 4) is 0 Å². The number of hydrogen-bond donors (Lipinski definition) is 1. The van der Waals surface area contributed by atoms with Gasteiger partial charge in [0.05, 0.1) is 10.6 Å². The molecule has 1 saturated carbocycles. The highest BCUT2D eigenvalue weighted by molar-refractivity contribution is 7.92. The Balaban J connectivity index is 1.87. The molecular formula is C23H27Cl2N3O3S. The monoisotopic (exact) mass is 495 g/mol. The summed E-state index contributed by atoms with van der Waals surface area (Å²) >= 11 is 12.2. The van der Waals surface area contributed by atoms with Crippen LogP contribution in [0.2, 0.25) is 10.0 Å². The number of benzene rings is 2. The van der Waals surface area contributed by atoms with Crippen molar-refractivity contribution < 1.29 is 13.2 Å². The van der Waals surface area contributed by atoms with Crippen molar-refractivity contribution in [3.63, 3.8) is 0 Å². The van der Waals surface area contributed by atoms with Gasteiger partial charge in [0.15, 0.2) is 0 Å². The Morgan fingerprint density at radius 1 is 0.969 bits per heavy atom. The van der Waals surface area contributed by atoms with Gasteiger partial charge in [-0.05, 0) is 62.9 Å². The summed E-state index contributed by atoms with van der Waals surface area (Å²) in [5.74, 6) is -0.536. The molecule has 0 bridgehead atoms. The summed E-state index contributed by atoms with van der Waals surface area (Å²) in [6.07, 6.45) is 7.32. The van der Waals surface area contributed by atoms with Gasteiger partial charge in [-0.2, -0.15) is 5.10 Å². The molecule has 6 nitrogen and oxygen atoms in total. The predicted octanol–water partition coefficient (Wildman–Crippen LogP) is 5.71. The van der Waals surface area contributed by atoms with E-state index in [1.165, 1.54) is 36.8 Å². The molecule has 32 heavy (non-hydrogen) atoms. The number of amides is 1. The smallest absolute Gasteiger partial charge is 0.264 e. The fourth-order valence-corrected chi connectivity index (χ4v) is 5.49. The highest BCUT2D eigenvalue weighted by Gasteiger charge is 2.28. The molecule has 9 heteroatoms. The molecule has 172 valence electrons. The third-order valence-corrected chi connectivity index (χ3v) is 7.53. The van der Waals surface area contributed by atoms with Crippen molar-refractivity contribution in [2.24, 2.45) is 5.10 Å². The Labute approximate surface area is 199 Å². The summed E-state index contributed by atoms with van der Waals surface area (Å²) in [6, 6.07) is 10.9. The Hall–Kier alpha value is -2.09. The average molecular weight is 496 g/mol. The maximum atomic E-state index is 13.4. The van der Waals surface area contributed by atoms with Crippen LogP contribution in [0.5, 0.6) is 0 Å². The molecule has 0 atom stereocenters. The van der Waals surface area contributed by atoms with Crippen LogP contribution in [-0.2, 0) is 14.8 Å². The zero-order chi connectivity index (χ0) is 23.1. The molecular weight excluding hydrogens is 469 g/mol. The molecule has 2 aromatic carbocycles. The fraction of sp³-hybridized carbons (Fsp3) is 0.391. The van der Waals surface area contributed by atoms with E-state index >= 15 is 0 Å². The van der Waals surface area contributed by atoms with E-state index < -0.39 is 22.5 Å². The highest BCUT2D eigenvalue weighted by Crippen LogP contribution is 2.29. The van der Waals surface area contributed by atoms with Gasteiger partial charge in [-0.3, -0.25) is 9.10 Å². The van der Waals surface area contributed by atoms with E-state index in [0.29, 0.717) is 0 Å². The molecule has 3 rings (SSSR count). The molecule has 2 aromatic rings. The molecule has 0 unspecified atom stereocenters. The number of hydrogen-bond acceptors (Lipinski definition) is 4. The second kappa shape index (κ2) is 11.2. The van der Waals surface area contributed by atoms with E-state index in [0.717, 1.165) is 54.1 Å². The normalized spacial score (nSPS) is 14.9. The second-order valence-corrected chi connectivity index (χ2v) is 10.7.